The van der Waals surface area contributed by atoms with Crippen molar-refractivity contribution in [3.63, 3.8) is 0 Å². The molecule has 1 saturated heterocycles. The second-order valence-electron chi connectivity index (χ2n) is 5.59. The maximum atomic E-state index is 12.3. The zero-order valence-corrected chi connectivity index (χ0v) is 12.2. The van der Waals surface area contributed by atoms with Gasteiger partial charge in [0.15, 0.2) is 0 Å². The standard InChI is InChI=1S/C14H26N2O2/c1-6-11(7-2)8-16-12(9(3)4)13(17)15-10(5)14(16)18/h9-12H,6-8H2,1-5H3,(H,15,17). The molecule has 0 aliphatic carbocycles. The summed E-state index contributed by atoms with van der Waals surface area (Å²) in [5, 5.41) is 2.77. The van der Waals surface area contributed by atoms with Gasteiger partial charge in [0.25, 0.3) is 0 Å². The van der Waals surface area contributed by atoms with Crippen molar-refractivity contribution in [1.29, 1.82) is 0 Å². The second kappa shape index (κ2) is 6.21. The predicted octanol–water partition coefficient (Wildman–Crippen LogP) is 1.79. The van der Waals surface area contributed by atoms with Crippen molar-refractivity contribution in [3.8, 4) is 0 Å². The highest BCUT2D eigenvalue weighted by Gasteiger charge is 2.40. The molecule has 1 aliphatic rings. The van der Waals surface area contributed by atoms with Crippen molar-refractivity contribution >= 4 is 11.8 Å². The maximum absolute atomic E-state index is 12.3. The lowest BCUT2D eigenvalue weighted by Gasteiger charge is -2.41. The molecule has 0 aromatic carbocycles. The molecule has 18 heavy (non-hydrogen) atoms. The topological polar surface area (TPSA) is 49.4 Å². The maximum Gasteiger partial charge on any atom is 0.245 e. The fourth-order valence-electron chi connectivity index (χ4n) is 2.58. The molecule has 4 nitrogen and oxygen atoms in total. The first-order valence-corrected chi connectivity index (χ1v) is 7.03. The van der Waals surface area contributed by atoms with Crippen LogP contribution in [0.4, 0.5) is 0 Å². The van der Waals surface area contributed by atoms with Gasteiger partial charge < -0.3 is 10.2 Å². The van der Waals surface area contributed by atoms with E-state index in [-0.39, 0.29) is 29.8 Å². The number of nitrogens with zero attached hydrogens (tertiary/aromatic N) is 1. The van der Waals surface area contributed by atoms with E-state index in [2.05, 4.69) is 19.2 Å². The quantitative estimate of drug-likeness (QED) is 0.813. The van der Waals surface area contributed by atoms with E-state index < -0.39 is 0 Å². The Kier molecular flexibility index (Phi) is 5.17. The molecule has 2 amide bonds. The molecule has 1 N–H and O–H groups in total. The Bertz CT molecular complexity index is 311. The summed E-state index contributed by atoms with van der Waals surface area (Å²) in [6.45, 7) is 10.7. The monoisotopic (exact) mass is 254 g/mol. The fraction of sp³-hybridized carbons (Fsp3) is 0.857. The van der Waals surface area contributed by atoms with Crippen LogP contribution in [0.1, 0.15) is 47.5 Å². The first kappa shape index (κ1) is 15.0. The van der Waals surface area contributed by atoms with E-state index in [1.807, 2.05) is 13.8 Å². The third-order valence-corrected chi connectivity index (χ3v) is 3.86. The van der Waals surface area contributed by atoms with Crippen LogP contribution in [0.2, 0.25) is 0 Å². The van der Waals surface area contributed by atoms with Gasteiger partial charge >= 0.3 is 0 Å². The number of hydrogen-bond acceptors (Lipinski definition) is 2. The molecule has 104 valence electrons. The number of carbonyl (C=O) groups is 2. The van der Waals surface area contributed by atoms with Gasteiger partial charge in [-0.25, -0.2) is 0 Å². The molecule has 1 aliphatic heterocycles. The summed E-state index contributed by atoms with van der Waals surface area (Å²) in [6, 6.07) is -0.698. The van der Waals surface area contributed by atoms with Crippen molar-refractivity contribution in [2.75, 3.05) is 6.54 Å². The lowest BCUT2D eigenvalue weighted by atomic mass is 9.94. The summed E-state index contributed by atoms with van der Waals surface area (Å²) < 4.78 is 0. The highest BCUT2D eigenvalue weighted by molar-refractivity contribution is 5.96. The molecule has 1 heterocycles. The third-order valence-electron chi connectivity index (χ3n) is 3.86. The van der Waals surface area contributed by atoms with Crippen LogP contribution < -0.4 is 5.32 Å². The number of amides is 2. The highest BCUT2D eigenvalue weighted by atomic mass is 16.2. The van der Waals surface area contributed by atoms with Gasteiger partial charge in [-0.1, -0.05) is 40.5 Å². The lowest BCUT2D eigenvalue weighted by molar-refractivity contribution is -0.151. The molecule has 0 radical (unpaired) electrons. The number of hydrogen-bond donors (Lipinski definition) is 1. The Morgan fingerprint density at radius 2 is 1.78 bits per heavy atom. The summed E-state index contributed by atoms with van der Waals surface area (Å²) in [4.78, 5) is 26.1. The largest absolute Gasteiger partial charge is 0.343 e. The van der Waals surface area contributed by atoms with Gasteiger partial charge in [0.2, 0.25) is 11.8 Å². The molecule has 2 unspecified atom stereocenters. The van der Waals surface area contributed by atoms with Gasteiger partial charge in [-0.3, -0.25) is 9.59 Å². The summed E-state index contributed by atoms with van der Waals surface area (Å²) >= 11 is 0. The average molecular weight is 254 g/mol. The Morgan fingerprint density at radius 1 is 1.22 bits per heavy atom. The Balaban J connectivity index is 2.91. The number of nitrogens with one attached hydrogen (secondary N) is 1. The zero-order chi connectivity index (χ0) is 13.9. The normalized spacial score (nSPS) is 24.9. The molecule has 4 heteroatoms. The van der Waals surface area contributed by atoms with Gasteiger partial charge in [-0.15, -0.1) is 0 Å². The Hall–Kier alpha value is -1.06. The molecule has 1 fully saturated rings. The molecule has 1 rings (SSSR count). The molecule has 0 aromatic rings. The van der Waals surface area contributed by atoms with Gasteiger partial charge in [0, 0.05) is 6.54 Å². The highest BCUT2D eigenvalue weighted by Crippen LogP contribution is 2.21. The molecule has 2 atom stereocenters. The first-order valence-electron chi connectivity index (χ1n) is 7.03. The summed E-state index contributed by atoms with van der Waals surface area (Å²) in [7, 11) is 0. The summed E-state index contributed by atoms with van der Waals surface area (Å²) in [5.41, 5.74) is 0. The predicted molar refractivity (Wildman–Crippen MR) is 72.0 cm³/mol. The van der Waals surface area contributed by atoms with E-state index in [0.29, 0.717) is 12.5 Å². The van der Waals surface area contributed by atoms with Crippen LogP contribution in [0, 0.1) is 11.8 Å². The molecular formula is C14H26N2O2. The first-order chi connectivity index (χ1) is 8.42. The third kappa shape index (κ3) is 3.03. The fourth-order valence-corrected chi connectivity index (χ4v) is 2.58. The van der Waals surface area contributed by atoms with Gasteiger partial charge in [-0.2, -0.15) is 0 Å². The molecule has 0 saturated carbocycles. The smallest absolute Gasteiger partial charge is 0.245 e. The van der Waals surface area contributed by atoms with Crippen molar-refractivity contribution in [2.24, 2.45) is 11.8 Å². The Morgan fingerprint density at radius 3 is 2.22 bits per heavy atom. The number of carbonyl (C=O) groups excluding carboxylic acids is 2. The van der Waals surface area contributed by atoms with Crippen molar-refractivity contribution in [3.05, 3.63) is 0 Å². The van der Waals surface area contributed by atoms with E-state index in [4.69, 9.17) is 0 Å². The average Bonchev–Trinajstić information content (AvgIpc) is 2.31. The Labute approximate surface area is 110 Å². The SMILES string of the molecule is CCC(CC)CN1C(=O)C(C)NC(=O)C1C(C)C. The van der Waals surface area contributed by atoms with E-state index in [9.17, 15) is 9.59 Å². The van der Waals surface area contributed by atoms with Gasteiger partial charge in [0.05, 0.1) is 0 Å². The summed E-state index contributed by atoms with van der Waals surface area (Å²) in [6.07, 6.45) is 2.09. The molecule has 0 spiro atoms. The number of rotatable bonds is 5. The van der Waals surface area contributed by atoms with Gasteiger partial charge in [-0.05, 0) is 18.8 Å². The van der Waals surface area contributed by atoms with Crippen LogP contribution in [0.25, 0.3) is 0 Å². The van der Waals surface area contributed by atoms with Crippen LogP contribution in [-0.2, 0) is 9.59 Å². The lowest BCUT2D eigenvalue weighted by Crippen LogP contribution is -2.64. The van der Waals surface area contributed by atoms with Crippen LogP contribution in [0.3, 0.4) is 0 Å². The minimum Gasteiger partial charge on any atom is -0.343 e. The van der Waals surface area contributed by atoms with E-state index in [1.54, 1.807) is 11.8 Å². The van der Waals surface area contributed by atoms with Crippen LogP contribution in [0.15, 0.2) is 0 Å². The number of piperazine rings is 1. The van der Waals surface area contributed by atoms with Crippen LogP contribution in [-0.4, -0.2) is 35.3 Å². The zero-order valence-electron chi connectivity index (χ0n) is 12.2. The minimum absolute atomic E-state index is 0.0111. The van der Waals surface area contributed by atoms with Crippen molar-refractivity contribution in [2.45, 2.75) is 59.5 Å². The second-order valence-corrected chi connectivity index (χ2v) is 5.59. The summed E-state index contributed by atoms with van der Waals surface area (Å²) in [5.74, 6) is 0.673. The van der Waals surface area contributed by atoms with Crippen LogP contribution >= 0.6 is 0 Å². The van der Waals surface area contributed by atoms with Crippen molar-refractivity contribution in [1.82, 2.24) is 10.2 Å². The molecule has 0 aromatic heterocycles. The van der Waals surface area contributed by atoms with E-state index in [0.717, 1.165) is 12.8 Å². The molecular weight excluding hydrogens is 228 g/mol. The van der Waals surface area contributed by atoms with E-state index in [1.165, 1.54) is 0 Å². The molecule has 0 bridgehead atoms. The van der Waals surface area contributed by atoms with Crippen molar-refractivity contribution < 1.29 is 9.59 Å². The van der Waals surface area contributed by atoms with E-state index >= 15 is 0 Å². The van der Waals surface area contributed by atoms with Gasteiger partial charge in [0.1, 0.15) is 12.1 Å². The van der Waals surface area contributed by atoms with Crippen LogP contribution in [0.5, 0.6) is 0 Å². The minimum atomic E-state index is -0.387.